The van der Waals surface area contributed by atoms with E-state index in [9.17, 15) is 18.0 Å². The minimum Gasteiger partial charge on any atom is -0.329 e. The summed E-state index contributed by atoms with van der Waals surface area (Å²) in [4.78, 5) is 21.7. The Kier molecular flexibility index (Phi) is 3.71. The van der Waals surface area contributed by atoms with Crippen LogP contribution in [-0.2, 0) is 19.3 Å². The number of hydrogen-bond acceptors (Lipinski definition) is 5. The fourth-order valence-corrected chi connectivity index (χ4v) is 2.74. The van der Waals surface area contributed by atoms with Crippen molar-refractivity contribution in [2.24, 2.45) is 0 Å². The Labute approximate surface area is 145 Å². The molecule has 6 nitrogen and oxygen atoms in total. The largest absolute Gasteiger partial charge is 0.471 e. The molecule has 3 heterocycles. The van der Waals surface area contributed by atoms with Crippen molar-refractivity contribution in [1.29, 1.82) is 0 Å². The lowest BCUT2D eigenvalue weighted by Gasteiger charge is -2.14. The average molecular weight is 360 g/mol. The Morgan fingerprint density at radius 1 is 1.19 bits per heavy atom. The van der Waals surface area contributed by atoms with Crippen molar-refractivity contribution in [2.75, 3.05) is 0 Å². The number of rotatable bonds is 3. The number of benzene rings is 1. The predicted octanol–water partition coefficient (Wildman–Crippen LogP) is 3.31. The Balaban J connectivity index is 1.59. The van der Waals surface area contributed by atoms with Crippen LogP contribution in [0.3, 0.4) is 0 Å². The van der Waals surface area contributed by atoms with Gasteiger partial charge in [-0.3, -0.25) is 9.78 Å². The summed E-state index contributed by atoms with van der Waals surface area (Å²) in [7, 11) is 0. The molecule has 9 heteroatoms. The maximum atomic E-state index is 12.6. The van der Waals surface area contributed by atoms with E-state index < -0.39 is 12.1 Å². The van der Waals surface area contributed by atoms with Crippen molar-refractivity contribution in [3.05, 3.63) is 65.3 Å². The Hall–Kier alpha value is -3.23. The molecule has 1 amide bonds. The number of alkyl halides is 3. The number of hydrogen-bond donors (Lipinski definition) is 0. The predicted molar refractivity (Wildman–Crippen MR) is 82.6 cm³/mol. The van der Waals surface area contributed by atoms with Crippen LogP contribution in [0.4, 0.5) is 13.2 Å². The highest BCUT2D eigenvalue weighted by Gasteiger charge is 2.38. The first-order valence-corrected chi connectivity index (χ1v) is 7.65. The van der Waals surface area contributed by atoms with E-state index >= 15 is 0 Å². The van der Waals surface area contributed by atoms with E-state index in [1.807, 2.05) is 30.3 Å². The van der Waals surface area contributed by atoms with Crippen LogP contribution in [0.5, 0.6) is 0 Å². The molecule has 0 radical (unpaired) electrons. The van der Waals surface area contributed by atoms with Crippen LogP contribution in [0, 0.1) is 0 Å². The monoisotopic (exact) mass is 360 g/mol. The van der Waals surface area contributed by atoms with Crippen molar-refractivity contribution in [1.82, 2.24) is 20.0 Å². The Morgan fingerprint density at radius 3 is 2.65 bits per heavy atom. The van der Waals surface area contributed by atoms with Crippen LogP contribution in [0.1, 0.15) is 27.5 Å². The zero-order chi connectivity index (χ0) is 18.3. The molecule has 0 saturated carbocycles. The van der Waals surface area contributed by atoms with E-state index in [4.69, 9.17) is 0 Å². The second kappa shape index (κ2) is 5.94. The van der Waals surface area contributed by atoms with Gasteiger partial charge in [0.1, 0.15) is 0 Å². The lowest BCUT2D eigenvalue weighted by molar-refractivity contribution is -0.159. The van der Waals surface area contributed by atoms with E-state index in [1.54, 1.807) is 4.90 Å². The summed E-state index contributed by atoms with van der Waals surface area (Å²) in [6, 6.07) is 10.9. The average Bonchev–Trinajstić information content (AvgIpc) is 3.22. The number of fused-ring (bicyclic) bond motifs is 1. The van der Waals surface area contributed by atoms with Crippen LogP contribution >= 0.6 is 0 Å². The molecule has 0 fully saturated rings. The summed E-state index contributed by atoms with van der Waals surface area (Å²) in [6.07, 6.45) is -3.39. The fraction of sp³-hybridized carbons (Fsp3) is 0.176. The fourth-order valence-electron chi connectivity index (χ4n) is 2.74. The lowest BCUT2D eigenvalue weighted by Crippen LogP contribution is -2.23. The van der Waals surface area contributed by atoms with E-state index in [1.165, 1.54) is 12.3 Å². The highest BCUT2D eigenvalue weighted by Crippen LogP contribution is 2.31. The molecule has 0 unspecified atom stereocenters. The molecule has 0 saturated heterocycles. The first-order valence-electron chi connectivity index (χ1n) is 7.65. The minimum atomic E-state index is -4.72. The number of halogens is 3. The van der Waals surface area contributed by atoms with Crippen LogP contribution in [0.2, 0.25) is 0 Å². The second-order valence-corrected chi connectivity index (χ2v) is 5.79. The number of pyridine rings is 1. The zero-order valence-electron chi connectivity index (χ0n) is 13.2. The molecule has 0 atom stereocenters. The Morgan fingerprint density at radius 2 is 1.96 bits per heavy atom. The van der Waals surface area contributed by atoms with Crippen molar-refractivity contribution in [2.45, 2.75) is 19.3 Å². The number of amides is 1. The molecule has 0 bridgehead atoms. The Bertz CT molecular complexity index is 970. The van der Waals surface area contributed by atoms with Gasteiger partial charge in [0, 0.05) is 18.3 Å². The third-order valence-electron chi connectivity index (χ3n) is 3.97. The van der Waals surface area contributed by atoms with E-state index in [0.717, 1.165) is 5.56 Å². The number of carbonyl (C=O) groups excluding carboxylic acids is 1. The summed E-state index contributed by atoms with van der Waals surface area (Å²) >= 11 is 0. The zero-order valence-corrected chi connectivity index (χ0v) is 13.2. The van der Waals surface area contributed by atoms with E-state index in [2.05, 4.69) is 19.6 Å². The third-order valence-corrected chi connectivity index (χ3v) is 3.97. The van der Waals surface area contributed by atoms with Crippen LogP contribution in [-0.4, -0.2) is 25.9 Å². The summed E-state index contributed by atoms with van der Waals surface area (Å²) in [5.41, 5.74) is 2.06. The summed E-state index contributed by atoms with van der Waals surface area (Å²) in [5.74, 6) is -1.94. The minimum absolute atomic E-state index is 0.193. The van der Waals surface area contributed by atoms with Gasteiger partial charge in [-0.25, -0.2) is 0 Å². The molecule has 1 aromatic carbocycles. The topological polar surface area (TPSA) is 72.1 Å². The van der Waals surface area contributed by atoms with Crippen LogP contribution < -0.4 is 0 Å². The molecular formula is C17H11F3N4O2. The van der Waals surface area contributed by atoms with Gasteiger partial charge >= 0.3 is 12.1 Å². The van der Waals surface area contributed by atoms with Gasteiger partial charge in [0.05, 0.1) is 17.8 Å². The highest BCUT2D eigenvalue weighted by atomic mass is 19.4. The quantitative estimate of drug-likeness (QED) is 0.717. The second-order valence-electron chi connectivity index (χ2n) is 5.79. The molecule has 0 N–H and O–H groups in total. The summed E-state index contributed by atoms with van der Waals surface area (Å²) < 4.78 is 42.0. The maximum absolute atomic E-state index is 12.6. The van der Waals surface area contributed by atoms with Crippen molar-refractivity contribution in [3.63, 3.8) is 0 Å². The number of aromatic nitrogens is 3. The SMILES string of the molecule is O=C1c2cc(-c3noc(C(F)(F)F)n3)cnc2CN1Cc1ccccc1. The van der Waals surface area contributed by atoms with Crippen molar-refractivity contribution >= 4 is 5.91 Å². The third kappa shape index (κ3) is 2.92. The lowest BCUT2D eigenvalue weighted by atomic mass is 10.1. The van der Waals surface area contributed by atoms with Gasteiger partial charge in [-0.05, 0) is 11.6 Å². The smallest absolute Gasteiger partial charge is 0.329 e. The van der Waals surface area contributed by atoms with Gasteiger partial charge in [-0.1, -0.05) is 35.5 Å². The first-order chi connectivity index (χ1) is 12.4. The first kappa shape index (κ1) is 16.2. The van der Waals surface area contributed by atoms with Gasteiger partial charge in [0.15, 0.2) is 0 Å². The molecule has 4 rings (SSSR count). The molecule has 26 heavy (non-hydrogen) atoms. The highest BCUT2D eigenvalue weighted by molar-refractivity contribution is 5.98. The molecule has 3 aromatic rings. The summed E-state index contributed by atoms with van der Waals surface area (Å²) in [5, 5.41) is 3.32. The van der Waals surface area contributed by atoms with Crippen molar-refractivity contribution < 1.29 is 22.5 Å². The van der Waals surface area contributed by atoms with Gasteiger partial charge in [0.2, 0.25) is 5.82 Å². The van der Waals surface area contributed by atoms with Gasteiger partial charge in [-0.2, -0.15) is 18.2 Å². The maximum Gasteiger partial charge on any atom is 0.471 e. The van der Waals surface area contributed by atoms with Crippen LogP contribution in [0.15, 0.2) is 47.1 Å². The number of nitrogens with zero attached hydrogens (tertiary/aromatic N) is 4. The van der Waals surface area contributed by atoms with Crippen LogP contribution in [0.25, 0.3) is 11.4 Å². The van der Waals surface area contributed by atoms with Gasteiger partial charge in [-0.15, -0.1) is 0 Å². The molecule has 0 aliphatic carbocycles. The molecule has 0 spiro atoms. The molecular weight excluding hydrogens is 349 g/mol. The normalized spacial score (nSPS) is 14.0. The van der Waals surface area contributed by atoms with E-state index in [-0.39, 0.29) is 17.3 Å². The van der Waals surface area contributed by atoms with Crippen molar-refractivity contribution in [3.8, 4) is 11.4 Å². The molecule has 1 aliphatic heterocycles. The standard InChI is InChI=1S/C17H11F3N4O2/c18-17(19,20)16-22-14(23-26-16)11-6-12-13(21-7-11)9-24(15(12)25)8-10-4-2-1-3-5-10/h1-7H,8-9H2. The molecule has 2 aromatic heterocycles. The number of carbonyl (C=O) groups is 1. The summed E-state index contributed by atoms with van der Waals surface area (Å²) in [6.45, 7) is 0.759. The molecule has 132 valence electrons. The molecule has 1 aliphatic rings. The van der Waals surface area contributed by atoms with E-state index in [0.29, 0.717) is 24.3 Å². The van der Waals surface area contributed by atoms with Gasteiger partial charge < -0.3 is 9.42 Å². The van der Waals surface area contributed by atoms with Gasteiger partial charge in [0.25, 0.3) is 5.91 Å².